The normalized spacial score (nSPS) is 40.0. The number of hydrogen-bond acceptors (Lipinski definition) is 4. The molecule has 5 nitrogen and oxygen atoms in total. The van der Waals surface area contributed by atoms with Gasteiger partial charge in [0.15, 0.2) is 6.10 Å². The fourth-order valence-electron chi connectivity index (χ4n) is 0.854. The number of nitrogens with two attached hydrogens (primary N) is 1. The van der Waals surface area contributed by atoms with Gasteiger partial charge in [-0.1, -0.05) is 0 Å². The van der Waals surface area contributed by atoms with Crippen LogP contribution < -0.4 is 5.73 Å². The van der Waals surface area contributed by atoms with Gasteiger partial charge in [-0.25, -0.2) is 4.79 Å². The predicted octanol–water partition coefficient (Wildman–Crippen LogP) is -1.84. The highest BCUT2D eigenvalue weighted by Crippen LogP contribution is 2.11. The molecule has 1 heterocycles. The van der Waals surface area contributed by atoms with Crippen molar-refractivity contribution in [2.45, 2.75) is 18.2 Å². The van der Waals surface area contributed by atoms with E-state index >= 15 is 0 Å². The third kappa shape index (κ3) is 1.11. The SMILES string of the molecule is N[C@H]1CO[C@@H](C(=O)O)[C@@H]1O. The van der Waals surface area contributed by atoms with Gasteiger partial charge in [0.2, 0.25) is 0 Å². The highest BCUT2D eigenvalue weighted by atomic mass is 16.5. The standard InChI is InChI=1S/C5H9NO4/c6-2-1-10-4(3(2)7)5(8)9/h2-4,7H,1,6H2,(H,8,9)/t2-,3+,4+/m0/s1. The van der Waals surface area contributed by atoms with Crippen molar-refractivity contribution in [3.63, 3.8) is 0 Å². The molecule has 0 radical (unpaired) electrons. The van der Waals surface area contributed by atoms with E-state index in [9.17, 15) is 4.79 Å². The average Bonchev–Trinajstić information content (AvgIpc) is 2.14. The van der Waals surface area contributed by atoms with Crippen LogP contribution in [0.2, 0.25) is 0 Å². The lowest BCUT2D eigenvalue weighted by Gasteiger charge is -2.09. The number of aliphatic carboxylic acids is 1. The van der Waals surface area contributed by atoms with E-state index in [1.807, 2.05) is 0 Å². The summed E-state index contributed by atoms with van der Waals surface area (Å²) in [4.78, 5) is 10.2. The lowest BCUT2D eigenvalue weighted by molar-refractivity contribution is -0.151. The van der Waals surface area contributed by atoms with Crippen molar-refractivity contribution in [2.24, 2.45) is 5.73 Å². The van der Waals surface area contributed by atoms with Crippen LogP contribution in [0.15, 0.2) is 0 Å². The van der Waals surface area contributed by atoms with E-state index in [1.165, 1.54) is 0 Å². The van der Waals surface area contributed by atoms with Crippen LogP contribution in [0, 0.1) is 0 Å². The molecule has 0 aromatic heterocycles. The number of hydrogen-bond donors (Lipinski definition) is 3. The maximum Gasteiger partial charge on any atom is 0.335 e. The van der Waals surface area contributed by atoms with Gasteiger partial charge in [-0.2, -0.15) is 0 Å². The lowest BCUT2D eigenvalue weighted by atomic mass is 10.1. The number of rotatable bonds is 1. The predicted molar refractivity (Wildman–Crippen MR) is 31.4 cm³/mol. The van der Waals surface area contributed by atoms with E-state index < -0.39 is 24.2 Å². The summed E-state index contributed by atoms with van der Waals surface area (Å²) < 4.78 is 4.66. The van der Waals surface area contributed by atoms with Gasteiger partial charge in [0, 0.05) is 0 Å². The molecule has 58 valence electrons. The summed E-state index contributed by atoms with van der Waals surface area (Å²) >= 11 is 0. The Kier molecular flexibility index (Phi) is 1.89. The summed E-state index contributed by atoms with van der Waals surface area (Å²) in [6.45, 7) is 0.109. The van der Waals surface area contributed by atoms with Crippen LogP contribution in [0.3, 0.4) is 0 Å². The molecule has 0 aromatic rings. The van der Waals surface area contributed by atoms with Gasteiger partial charge in [0.25, 0.3) is 0 Å². The molecule has 0 spiro atoms. The molecule has 1 fully saturated rings. The second-order valence-corrected chi connectivity index (χ2v) is 2.25. The van der Waals surface area contributed by atoms with Gasteiger partial charge in [-0.15, -0.1) is 0 Å². The molecule has 10 heavy (non-hydrogen) atoms. The number of carbonyl (C=O) groups is 1. The van der Waals surface area contributed by atoms with Crippen molar-refractivity contribution in [2.75, 3.05) is 6.61 Å². The summed E-state index contributed by atoms with van der Waals surface area (Å²) in [5, 5.41) is 17.4. The molecular formula is C5H9NO4. The quantitative estimate of drug-likeness (QED) is 0.405. The fraction of sp³-hybridized carbons (Fsp3) is 0.800. The minimum absolute atomic E-state index is 0.109. The van der Waals surface area contributed by atoms with E-state index in [2.05, 4.69) is 4.74 Å². The second-order valence-electron chi connectivity index (χ2n) is 2.25. The number of ether oxygens (including phenoxy) is 1. The van der Waals surface area contributed by atoms with Crippen LogP contribution in [-0.2, 0) is 9.53 Å². The summed E-state index contributed by atoms with van der Waals surface area (Å²) in [6.07, 6.45) is -2.22. The third-order valence-corrected chi connectivity index (χ3v) is 1.46. The zero-order valence-electron chi connectivity index (χ0n) is 5.23. The Morgan fingerprint density at radius 1 is 1.70 bits per heavy atom. The van der Waals surface area contributed by atoms with Crippen LogP contribution in [0.5, 0.6) is 0 Å². The highest BCUT2D eigenvalue weighted by molar-refractivity contribution is 5.73. The molecule has 0 bridgehead atoms. The molecule has 0 aromatic carbocycles. The number of carboxylic acids is 1. The molecule has 0 amide bonds. The number of carboxylic acid groups (broad SMARTS) is 1. The van der Waals surface area contributed by atoms with Gasteiger partial charge >= 0.3 is 5.97 Å². The van der Waals surface area contributed by atoms with Crippen LogP contribution in [-0.4, -0.2) is 41.0 Å². The lowest BCUT2D eigenvalue weighted by Crippen LogP contribution is -2.39. The van der Waals surface area contributed by atoms with Crippen LogP contribution in [0.1, 0.15) is 0 Å². The molecule has 1 rings (SSSR count). The maximum absolute atomic E-state index is 10.2. The van der Waals surface area contributed by atoms with Crippen LogP contribution in [0.4, 0.5) is 0 Å². The van der Waals surface area contributed by atoms with Gasteiger partial charge in [-0.05, 0) is 0 Å². The Bertz CT molecular complexity index is 149. The van der Waals surface area contributed by atoms with Gasteiger partial charge in [-0.3, -0.25) is 0 Å². The molecule has 0 unspecified atom stereocenters. The van der Waals surface area contributed by atoms with E-state index in [-0.39, 0.29) is 6.61 Å². The smallest absolute Gasteiger partial charge is 0.335 e. The van der Waals surface area contributed by atoms with Crippen molar-refractivity contribution in [1.29, 1.82) is 0 Å². The first-order valence-corrected chi connectivity index (χ1v) is 2.91. The molecular weight excluding hydrogens is 138 g/mol. The van der Waals surface area contributed by atoms with E-state index in [0.717, 1.165) is 0 Å². The summed E-state index contributed by atoms with van der Waals surface area (Å²) in [5.74, 6) is -1.17. The maximum atomic E-state index is 10.2. The molecule has 0 saturated carbocycles. The number of aliphatic hydroxyl groups excluding tert-OH is 1. The molecule has 4 N–H and O–H groups in total. The van der Waals surface area contributed by atoms with Gasteiger partial charge in [0.05, 0.1) is 12.6 Å². The van der Waals surface area contributed by atoms with E-state index in [4.69, 9.17) is 15.9 Å². The largest absolute Gasteiger partial charge is 0.479 e. The number of aliphatic hydroxyl groups is 1. The van der Waals surface area contributed by atoms with Crippen LogP contribution >= 0.6 is 0 Å². The second kappa shape index (κ2) is 2.53. The van der Waals surface area contributed by atoms with Crippen molar-refractivity contribution in [3.8, 4) is 0 Å². The zero-order valence-corrected chi connectivity index (χ0v) is 5.23. The van der Waals surface area contributed by atoms with Crippen molar-refractivity contribution < 1.29 is 19.7 Å². The topological polar surface area (TPSA) is 92.8 Å². The zero-order chi connectivity index (χ0) is 7.72. The monoisotopic (exact) mass is 147 g/mol. The third-order valence-electron chi connectivity index (χ3n) is 1.46. The molecule has 1 saturated heterocycles. The summed E-state index contributed by atoms with van der Waals surface area (Å²) in [7, 11) is 0. The molecule has 1 aliphatic heterocycles. The summed E-state index contributed by atoms with van der Waals surface area (Å²) in [6, 6.07) is -0.568. The fourth-order valence-corrected chi connectivity index (χ4v) is 0.854. The Balaban J connectivity index is 2.57. The van der Waals surface area contributed by atoms with Gasteiger partial charge < -0.3 is 20.7 Å². The Hall–Kier alpha value is -0.650. The Labute approximate surface area is 57.4 Å². The van der Waals surface area contributed by atoms with E-state index in [0.29, 0.717) is 0 Å². The van der Waals surface area contributed by atoms with Gasteiger partial charge in [0.1, 0.15) is 6.10 Å². The average molecular weight is 147 g/mol. The molecule has 5 heteroatoms. The minimum atomic E-state index is -1.17. The first kappa shape index (κ1) is 7.46. The highest BCUT2D eigenvalue weighted by Gasteiger charge is 2.38. The molecule has 1 aliphatic rings. The van der Waals surface area contributed by atoms with E-state index in [1.54, 1.807) is 0 Å². The van der Waals surface area contributed by atoms with Crippen molar-refractivity contribution in [1.82, 2.24) is 0 Å². The van der Waals surface area contributed by atoms with Crippen molar-refractivity contribution >= 4 is 5.97 Å². The first-order chi connectivity index (χ1) is 4.63. The molecule has 3 atom stereocenters. The first-order valence-electron chi connectivity index (χ1n) is 2.91. The summed E-state index contributed by atoms with van der Waals surface area (Å²) in [5.41, 5.74) is 5.27. The molecule has 0 aliphatic carbocycles. The Morgan fingerprint density at radius 2 is 2.30 bits per heavy atom. The minimum Gasteiger partial charge on any atom is -0.479 e. The van der Waals surface area contributed by atoms with Crippen LogP contribution in [0.25, 0.3) is 0 Å². The van der Waals surface area contributed by atoms with Crippen molar-refractivity contribution in [3.05, 3.63) is 0 Å². The Morgan fingerprint density at radius 3 is 2.50 bits per heavy atom.